The lowest BCUT2D eigenvalue weighted by Gasteiger charge is -2.20. The third-order valence-electron chi connectivity index (χ3n) is 5.56. The van der Waals surface area contributed by atoms with Crippen molar-refractivity contribution in [3.05, 3.63) is 59.7 Å². The van der Waals surface area contributed by atoms with Gasteiger partial charge in [0.1, 0.15) is 19.3 Å². The quantitative estimate of drug-likeness (QED) is 0.385. The number of nitrogens with one attached hydrogen (secondary N) is 2. The second-order valence-electron chi connectivity index (χ2n) is 7.89. The number of rotatable bonds is 13. The number of hydrogen-bond acceptors (Lipinski definition) is 6. The summed E-state index contributed by atoms with van der Waals surface area (Å²) in [5.41, 5.74) is 4.47. The number of carbonyl (C=O) groups is 3. The number of aliphatic carboxylic acids is 1. The van der Waals surface area contributed by atoms with Gasteiger partial charge in [-0.1, -0.05) is 48.5 Å². The van der Waals surface area contributed by atoms with E-state index in [4.69, 9.17) is 19.3 Å². The molecule has 2 amide bonds. The van der Waals surface area contributed by atoms with Crippen molar-refractivity contribution in [3.63, 3.8) is 0 Å². The van der Waals surface area contributed by atoms with Crippen molar-refractivity contribution in [2.24, 2.45) is 0 Å². The molecule has 0 radical (unpaired) electrons. The lowest BCUT2D eigenvalue weighted by Crippen LogP contribution is -2.47. The number of methoxy groups -OCH3 is 1. The number of ether oxygens (including phenoxy) is 3. The fraction of sp³-hybridized carbons (Fsp3) is 0.400. The molecule has 0 bridgehead atoms. The van der Waals surface area contributed by atoms with E-state index in [2.05, 4.69) is 22.8 Å². The molecular formula is C25H30N2O7. The van der Waals surface area contributed by atoms with E-state index < -0.39 is 30.6 Å². The van der Waals surface area contributed by atoms with Crippen molar-refractivity contribution in [2.45, 2.75) is 24.8 Å². The smallest absolute Gasteiger partial charge is 0.407 e. The predicted octanol–water partition coefficient (Wildman–Crippen LogP) is 2.54. The molecule has 9 heteroatoms. The monoisotopic (exact) mass is 470 g/mol. The standard InChI is InChI=1S/C25H30N2O7/c1-32-13-6-11-22(24(30)26-12-14-33-16-23(28)29)27-25(31)34-15-21-19-9-4-2-7-17(19)18-8-3-5-10-20(18)21/h2-5,7-10,21-22H,6,11-16H2,1H3,(H,26,30)(H,27,31)(H,28,29). The summed E-state index contributed by atoms with van der Waals surface area (Å²) < 4.78 is 15.5. The average molecular weight is 471 g/mol. The molecule has 3 N–H and O–H groups in total. The maximum Gasteiger partial charge on any atom is 0.407 e. The van der Waals surface area contributed by atoms with E-state index in [0.717, 1.165) is 22.3 Å². The van der Waals surface area contributed by atoms with Crippen molar-refractivity contribution in [2.75, 3.05) is 40.1 Å². The van der Waals surface area contributed by atoms with Crippen LogP contribution in [0.3, 0.4) is 0 Å². The Morgan fingerprint density at radius 2 is 1.65 bits per heavy atom. The Morgan fingerprint density at radius 3 is 2.26 bits per heavy atom. The van der Waals surface area contributed by atoms with Gasteiger partial charge in [0.2, 0.25) is 5.91 Å². The van der Waals surface area contributed by atoms with Crippen LogP contribution in [0.2, 0.25) is 0 Å². The van der Waals surface area contributed by atoms with Gasteiger partial charge >= 0.3 is 12.1 Å². The minimum Gasteiger partial charge on any atom is -0.480 e. The topological polar surface area (TPSA) is 123 Å². The summed E-state index contributed by atoms with van der Waals surface area (Å²) in [7, 11) is 1.56. The van der Waals surface area contributed by atoms with Crippen LogP contribution < -0.4 is 10.6 Å². The number of alkyl carbamates (subject to hydrolysis) is 1. The Labute approximate surface area is 198 Å². The Hall–Kier alpha value is -3.43. The van der Waals surface area contributed by atoms with Gasteiger partial charge in [0.05, 0.1) is 6.61 Å². The molecule has 0 aliphatic heterocycles. The third-order valence-corrected chi connectivity index (χ3v) is 5.56. The summed E-state index contributed by atoms with van der Waals surface area (Å²) >= 11 is 0. The molecule has 1 unspecified atom stereocenters. The van der Waals surface area contributed by atoms with Gasteiger partial charge in [-0.2, -0.15) is 0 Å². The van der Waals surface area contributed by atoms with Crippen molar-refractivity contribution >= 4 is 18.0 Å². The highest BCUT2D eigenvalue weighted by atomic mass is 16.5. The predicted molar refractivity (Wildman–Crippen MR) is 125 cm³/mol. The number of carboxylic acid groups (broad SMARTS) is 1. The molecule has 3 rings (SSSR count). The van der Waals surface area contributed by atoms with Crippen LogP contribution >= 0.6 is 0 Å². The summed E-state index contributed by atoms with van der Waals surface area (Å²) in [5, 5.41) is 13.9. The summed E-state index contributed by atoms with van der Waals surface area (Å²) in [6, 6.07) is 15.3. The first-order chi connectivity index (χ1) is 16.5. The molecule has 0 saturated heterocycles. The number of fused-ring (bicyclic) bond motifs is 3. The SMILES string of the molecule is COCCCC(NC(=O)OCC1c2ccccc2-c2ccccc21)C(=O)NCCOCC(=O)O. The molecule has 0 heterocycles. The van der Waals surface area contributed by atoms with Gasteiger partial charge in [-0.15, -0.1) is 0 Å². The molecule has 0 spiro atoms. The fourth-order valence-electron chi connectivity index (χ4n) is 4.01. The van der Waals surface area contributed by atoms with Crippen LogP contribution in [0.5, 0.6) is 0 Å². The highest BCUT2D eigenvalue weighted by Crippen LogP contribution is 2.44. The molecular weight excluding hydrogens is 440 g/mol. The van der Waals surface area contributed by atoms with Crippen LogP contribution in [0.25, 0.3) is 11.1 Å². The number of carbonyl (C=O) groups excluding carboxylic acids is 2. The van der Waals surface area contributed by atoms with Crippen molar-refractivity contribution in [1.82, 2.24) is 10.6 Å². The van der Waals surface area contributed by atoms with E-state index in [9.17, 15) is 14.4 Å². The highest BCUT2D eigenvalue weighted by Gasteiger charge is 2.29. The van der Waals surface area contributed by atoms with Gasteiger partial charge < -0.3 is 30.0 Å². The van der Waals surface area contributed by atoms with Gasteiger partial charge in [0, 0.05) is 26.2 Å². The van der Waals surface area contributed by atoms with Crippen LogP contribution in [0.15, 0.2) is 48.5 Å². The van der Waals surface area contributed by atoms with Crippen molar-refractivity contribution in [3.8, 4) is 11.1 Å². The lowest BCUT2D eigenvalue weighted by atomic mass is 9.98. The van der Waals surface area contributed by atoms with Crippen LogP contribution in [0.1, 0.15) is 29.9 Å². The average Bonchev–Trinajstić information content (AvgIpc) is 3.15. The maximum absolute atomic E-state index is 12.6. The van der Waals surface area contributed by atoms with Crippen LogP contribution in [0, 0.1) is 0 Å². The van der Waals surface area contributed by atoms with Crippen LogP contribution in [-0.2, 0) is 23.8 Å². The zero-order valence-corrected chi connectivity index (χ0v) is 19.1. The first-order valence-electron chi connectivity index (χ1n) is 11.2. The van der Waals surface area contributed by atoms with Gasteiger partial charge in [0.15, 0.2) is 0 Å². The van der Waals surface area contributed by atoms with E-state index in [0.29, 0.717) is 19.4 Å². The van der Waals surface area contributed by atoms with Gasteiger partial charge in [-0.25, -0.2) is 9.59 Å². The fourth-order valence-corrected chi connectivity index (χ4v) is 4.01. The first-order valence-corrected chi connectivity index (χ1v) is 11.2. The molecule has 1 atom stereocenters. The number of amides is 2. The molecule has 0 aromatic heterocycles. The molecule has 1 aliphatic rings. The second-order valence-corrected chi connectivity index (χ2v) is 7.89. The third kappa shape index (κ3) is 6.79. The van der Waals surface area contributed by atoms with Crippen LogP contribution in [-0.4, -0.2) is 69.2 Å². The molecule has 182 valence electrons. The first kappa shape index (κ1) is 25.2. The zero-order chi connectivity index (χ0) is 24.3. The molecule has 2 aromatic rings. The van der Waals surface area contributed by atoms with E-state index in [1.807, 2.05) is 36.4 Å². The summed E-state index contributed by atoms with van der Waals surface area (Å²) in [6.07, 6.45) is 0.245. The van der Waals surface area contributed by atoms with E-state index >= 15 is 0 Å². The van der Waals surface area contributed by atoms with Gasteiger partial charge in [-0.3, -0.25) is 4.79 Å². The minimum atomic E-state index is -1.08. The molecule has 2 aromatic carbocycles. The molecule has 0 fully saturated rings. The summed E-state index contributed by atoms with van der Waals surface area (Å²) in [6.45, 7) is 0.325. The normalized spacial score (nSPS) is 13.0. The van der Waals surface area contributed by atoms with E-state index in [-0.39, 0.29) is 25.7 Å². The molecule has 1 aliphatic carbocycles. The second kappa shape index (κ2) is 12.7. The largest absolute Gasteiger partial charge is 0.480 e. The number of carboxylic acids is 1. The van der Waals surface area contributed by atoms with Gasteiger partial charge in [-0.05, 0) is 35.1 Å². The summed E-state index contributed by atoms with van der Waals surface area (Å²) in [4.78, 5) is 35.6. The highest BCUT2D eigenvalue weighted by molar-refractivity contribution is 5.85. The van der Waals surface area contributed by atoms with Crippen molar-refractivity contribution in [1.29, 1.82) is 0 Å². The molecule has 9 nitrogen and oxygen atoms in total. The molecule has 34 heavy (non-hydrogen) atoms. The number of hydrogen-bond donors (Lipinski definition) is 3. The molecule has 0 saturated carbocycles. The van der Waals surface area contributed by atoms with Crippen molar-refractivity contribution < 1.29 is 33.7 Å². The Balaban J connectivity index is 1.55. The minimum absolute atomic E-state index is 0.0494. The Morgan fingerprint density at radius 1 is 1.00 bits per heavy atom. The maximum atomic E-state index is 12.6. The lowest BCUT2D eigenvalue weighted by molar-refractivity contribution is -0.142. The van der Waals surface area contributed by atoms with Crippen LogP contribution in [0.4, 0.5) is 4.79 Å². The summed E-state index contributed by atoms with van der Waals surface area (Å²) in [5.74, 6) is -1.56. The number of benzene rings is 2. The van der Waals surface area contributed by atoms with E-state index in [1.165, 1.54) is 0 Å². The Bertz CT molecular complexity index is 949. The zero-order valence-electron chi connectivity index (χ0n) is 19.1. The van der Waals surface area contributed by atoms with Gasteiger partial charge in [0.25, 0.3) is 0 Å². The van der Waals surface area contributed by atoms with E-state index in [1.54, 1.807) is 7.11 Å². The Kier molecular flexibility index (Phi) is 9.42.